The Bertz CT molecular complexity index is 1030. The summed E-state index contributed by atoms with van der Waals surface area (Å²) < 4.78 is 7.43. The van der Waals surface area contributed by atoms with Gasteiger partial charge >= 0.3 is 0 Å². The second-order valence-electron chi connectivity index (χ2n) is 7.28. The van der Waals surface area contributed by atoms with Crippen molar-refractivity contribution in [2.24, 2.45) is 0 Å². The first kappa shape index (κ1) is 19.6. The van der Waals surface area contributed by atoms with Crippen LogP contribution in [0.1, 0.15) is 27.6 Å². The number of carbonyl (C=O) groups is 2. The van der Waals surface area contributed by atoms with Gasteiger partial charge in [0.15, 0.2) is 5.76 Å². The molecule has 1 fully saturated rings. The van der Waals surface area contributed by atoms with Crippen molar-refractivity contribution in [3.05, 3.63) is 59.4 Å². The minimum atomic E-state index is -0.110. The molecule has 0 bridgehead atoms. The quantitative estimate of drug-likeness (QED) is 0.644. The molecule has 0 aliphatic carbocycles. The lowest BCUT2D eigenvalue weighted by molar-refractivity contribution is -0.129. The van der Waals surface area contributed by atoms with E-state index in [0.717, 1.165) is 17.1 Å². The van der Waals surface area contributed by atoms with Crippen LogP contribution >= 0.6 is 11.8 Å². The maximum Gasteiger partial charge on any atom is 0.289 e. The van der Waals surface area contributed by atoms with E-state index < -0.39 is 0 Å². The minimum absolute atomic E-state index is 0.107. The van der Waals surface area contributed by atoms with Crippen molar-refractivity contribution < 1.29 is 14.0 Å². The summed E-state index contributed by atoms with van der Waals surface area (Å²) in [6.07, 6.45) is 4.06. The standard InChI is InChI=1S/C21H24N4O3S/c1-15-3-6-19-22-17(12-25(19)11-15)13-29-14-20(26)23-7-9-24(10-8-23)21(27)18-5-4-16(2)28-18/h3-6,11-12H,7-10,13-14H2,1-2H3. The van der Waals surface area contributed by atoms with Crippen LogP contribution in [0.4, 0.5) is 0 Å². The Kier molecular flexibility index (Phi) is 5.62. The average Bonchev–Trinajstić information content (AvgIpc) is 3.33. The van der Waals surface area contributed by atoms with Gasteiger partial charge in [-0.2, -0.15) is 0 Å². The predicted octanol–water partition coefficient (Wildman–Crippen LogP) is 2.76. The van der Waals surface area contributed by atoms with Crippen LogP contribution in [-0.2, 0) is 10.5 Å². The molecule has 0 saturated carbocycles. The molecule has 0 atom stereocenters. The number of hydrogen-bond donors (Lipinski definition) is 0. The second-order valence-corrected chi connectivity index (χ2v) is 8.27. The smallest absolute Gasteiger partial charge is 0.289 e. The van der Waals surface area contributed by atoms with Crippen LogP contribution in [0.3, 0.4) is 0 Å². The van der Waals surface area contributed by atoms with E-state index in [2.05, 4.69) is 11.9 Å². The fourth-order valence-corrected chi connectivity index (χ4v) is 4.23. The first-order valence-corrected chi connectivity index (χ1v) is 10.8. The summed E-state index contributed by atoms with van der Waals surface area (Å²) in [6, 6.07) is 7.53. The molecular formula is C21H24N4O3S. The first-order chi connectivity index (χ1) is 14.0. The number of furan rings is 1. The Morgan fingerprint density at radius 1 is 1.03 bits per heavy atom. The predicted molar refractivity (Wildman–Crippen MR) is 112 cm³/mol. The van der Waals surface area contributed by atoms with Gasteiger partial charge in [0, 0.05) is 44.3 Å². The molecule has 1 saturated heterocycles. The molecule has 8 heteroatoms. The SMILES string of the molecule is Cc1ccc2nc(CSCC(=O)N3CCN(C(=O)c4ccc(C)o4)CC3)cn2c1. The normalized spacial score (nSPS) is 14.6. The van der Waals surface area contributed by atoms with Gasteiger partial charge in [-0.3, -0.25) is 9.59 Å². The molecule has 0 aromatic carbocycles. The van der Waals surface area contributed by atoms with E-state index in [1.807, 2.05) is 40.8 Å². The van der Waals surface area contributed by atoms with Crippen LogP contribution in [0.2, 0.25) is 0 Å². The number of hydrogen-bond acceptors (Lipinski definition) is 5. The zero-order valence-electron chi connectivity index (χ0n) is 16.6. The monoisotopic (exact) mass is 412 g/mol. The van der Waals surface area contributed by atoms with Crippen molar-refractivity contribution in [3.63, 3.8) is 0 Å². The Balaban J connectivity index is 1.24. The zero-order valence-corrected chi connectivity index (χ0v) is 17.4. The number of aryl methyl sites for hydroxylation is 2. The molecule has 4 rings (SSSR count). The highest BCUT2D eigenvalue weighted by Gasteiger charge is 2.26. The topological polar surface area (TPSA) is 71.1 Å². The summed E-state index contributed by atoms with van der Waals surface area (Å²) in [5, 5.41) is 0. The number of nitrogens with zero attached hydrogens (tertiary/aromatic N) is 4. The van der Waals surface area contributed by atoms with Gasteiger partial charge in [-0.05, 0) is 37.6 Å². The molecule has 1 aliphatic heterocycles. The van der Waals surface area contributed by atoms with Crippen molar-refractivity contribution in [3.8, 4) is 0 Å². The number of piperazine rings is 1. The third-order valence-corrected chi connectivity index (χ3v) is 5.95. The number of imidazole rings is 1. The zero-order chi connectivity index (χ0) is 20.4. The van der Waals surface area contributed by atoms with Crippen LogP contribution in [-0.4, -0.2) is 62.9 Å². The van der Waals surface area contributed by atoms with Crippen LogP contribution in [0.25, 0.3) is 5.65 Å². The molecule has 29 heavy (non-hydrogen) atoms. The van der Waals surface area contributed by atoms with Gasteiger partial charge in [-0.15, -0.1) is 11.8 Å². The number of aromatic nitrogens is 2. The lowest BCUT2D eigenvalue weighted by atomic mass is 10.3. The van der Waals surface area contributed by atoms with E-state index in [9.17, 15) is 9.59 Å². The number of amides is 2. The minimum Gasteiger partial charge on any atom is -0.456 e. The summed E-state index contributed by atoms with van der Waals surface area (Å²) in [4.78, 5) is 33.1. The van der Waals surface area contributed by atoms with Crippen LogP contribution in [0.5, 0.6) is 0 Å². The fraction of sp³-hybridized carbons (Fsp3) is 0.381. The molecule has 0 unspecified atom stereocenters. The third-order valence-electron chi connectivity index (χ3n) is 5.00. The summed E-state index contributed by atoms with van der Waals surface area (Å²) >= 11 is 1.57. The van der Waals surface area contributed by atoms with E-state index >= 15 is 0 Å². The number of fused-ring (bicyclic) bond motifs is 1. The lowest BCUT2D eigenvalue weighted by Crippen LogP contribution is -2.51. The van der Waals surface area contributed by atoms with E-state index in [-0.39, 0.29) is 11.8 Å². The van der Waals surface area contributed by atoms with Crippen LogP contribution in [0, 0.1) is 13.8 Å². The first-order valence-electron chi connectivity index (χ1n) is 9.65. The number of rotatable bonds is 5. The van der Waals surface area contributed by atoms with Gasteiger partial charge < -0.3 is 18.6 Å². The van der Waals surface area contributed by atoms with Crippen molar-refractivity contribution in [1.82, 2.24) is 19.2 Å². The van der Waals surface area contributed by atoms with E-state index in [4.69, 9.17) is 4.42 Å². The molecule has 0 radical (unpaired) electrons. The molecule has 7 nitrogen and oxygen atoms in total. The van der Waals surface area contributed by atoms with Gasteiger partial charge in [0.1, 0.15) is 11.4 Å². The number of pyridine rings is 1. The highest BCUT2D eigenvalue weighted by molar-refractivity contribution is 7.99. The van der Waals surface area contributed by atoms with Crippen molar-refractivity contribution in [2.45, 2.75) is 19.6 Å². The molecule has 2 amide bonds. The van der Waals surface area contributed by atoms with Gasteiger partial charge in [0.2, 0.25) is 5.91 Å². The highest BCUT2D eigenvalue weighted by Crippen LogP contribution is 2.16. The Hall–Kier alpha value is -2.74. The summed E-state index contributed by atoms with van der Waals surface area (Å²) in [5.41, 5.74) is 3.08. The largest absolute Gasteiger partial charge is 0.456 e. The summed E-state index contributed by atoms with van der Waals surface area (Å²) in [7, 11) is 0. The Labute approximate surface area is 173 Å². The third kappa shape index (κ3) is 4.48. The number of thioether (sulfide) groups is 1. The fourth-order valence-electron chi connectivity index (χ4n) is 3.42. The molecular weight excluding hydrogens is 388 g/mol. The molecule has 152 valence electrons. The average molecular weight is 413 g/mol. The van der Waals surface area contributed by atoms with Gasteiger partial charge in [-0.25, -0.2) is 4.98 Å². The second kappa shape index (κ2) is 8.32. The summed E-state index contributed by atoms with van der Waals surface area (Å²) in [6.45, 7) is 6.03. The number of carbonyl (C=O) groups excluding carboxylic acids is 2. The van der Waals surface area contributed by atoms with E-state index in [0.29, 0.717) is 43.4 Å². The van der Waals surface area contributed by atoms with Gasteiger partial charge in [0.25, 0.3) is 5.91 Å². The maximum absolute atomic E-state index is 12.5. The van der Waals surface area contributed by atoms with Gasteiger partial charge in [-0.1, -0.05) is 6.07 Å². The van der Waals surface area contributed by atoms with Crippen LogP contribution < -0.4 is 0 Å². The Morgan fingerprint density at radius 3 is 2.52 bits per heavy atom. The van der Waals surface area contributed by atoms with Gasteiger partial charge in [0.05, 0.1) is 11.4 Å². The lowest BCUT2D eigenvalue weighted by Gasteiger charge is -2.34. The Morgan fingerprint density at radius 2 is 1.79 bits per heavy atom. The highest BCUT2D eigenvalue weighted by atomic mass is 32.2. The molecule has 1 aliphatic rings. The van der Waals surface area contributed by atoms with E-state index in [1.165, 1.54) is 5.56 Å². The van der Waals surface area contributed by atoms with Crippen molar-refractivity contribution in [1.29, 1.82) is 0 Å². The molecule has 3 aromatic heterocycles. The molecule has 3 aromatic rings. The molecule has 4 heterocycles. The van der Waals surface area contributed by atoms with Crippen LogP contribution in [0.15, 0.2) is 41.1 Å². The van der Waals surface area contributed by atoms with Crippen molar-refractivity contribution in [2.75, 3.05) is 31.9 Å². The van der Waals surface area contributed by atoms with Crippen molar-refractivity contribution >= 4 is 29.2 Å². The molecule has 0 spiro atoms. The molecule has 0 N–H and O–H groups in total. The maximum atomic E-state index is 12.5. The van der Waals surface area contributed by atoms with E-state index in [1.54, 1.807) is 28.8 Å². The summed E-state index contributed by atoms with van der Waals surface area (Å²) in [5.74, 6) is 2.19.